The van der Waals surface area contributed by atoms with Crippen molar-refractivity contribution >= 4 is 29.4 Å². The number of nitrogens with zero attached hydrogens (tertiary/aromatic N) is 4. The Hall–Kier alpha value is -4.86. The zero-order chi connectivity index (χ0) is 27.2. The van der Waals surface area contributed by atoms with Gasteiger partial charge in [-0.2, -0.15) is 0 Å². The molecule has 2 aromatic carbocycles. The van der Waals surface area contributed by atoms with Gasteiger partial charge in [-0.05, 0) is 43.2 Å². The van der Waals surface area contributed by atoms with Crippen LogP contribution in [0.4, 0.5) is 5.69 Å². The molecule has 2 unspecified atom stereocenters. The number of non-ortho nitro benzene ring substituents is 1. The Morgan fingerprint density at radius 3 is 2.58 bits per heavy atom. The van der Waals surface area contributed by atoms with Crippen LogP contribution in [0.25, 0.3) is 11.8 Å². The zero-order valence-corrected chi connectivity index (χ0v) is 21.1. The summed E-state index contributed by atoms with van der Waals surface area (Å²) in [6.07, 6.45) is 8.80. The molecule has 10 nitrogen and oxygen atoms in total. The van der Waals surface area contributed by atoms with E-state index in [4.69, 9.17) is 9.47 Å². The Morgan fingerprint density at radius 1 is 1.16 bits per heavy atom. The van der Waals surface area contributed by atoms with Crippen molar-refractivity contribution in [3.05, 3.63) is 106 Å². The second kappa shape index (κ2) is 11.5. The first-order valence-corrected chi connectivity index (χ1v) is 11.8. The number of ether oxygens (including phenoxy) is 2. The lowest BCUT2D eigenvalue weighted by Gasteiger charge is -2.31. The number of nitro benzene ring substituents is 1. The van der Waals surface area contributed by atoms with Gasteiger partial charge in [0.15, 0.2) is 0 Å². The fourth-order valence-corrected chi connectivity index (χ4v) is 4.48. The highest BCUT2D eigenvalue weighted by Crippen LogP contribution is 2.40. The molecule has 2 heterocycles. The molecule has 10 heteroatoms. The first kappa shape index (κ1) is 26.2. The van der Waals surface area contributed by atoms with E-state index in [0.29, 0.717) is 17.0 Å². The summed E-state index contributed by atoms with van der Waals surface area (Å²) in [5, 5.41) is 11.4. The lowest BCUT2D eigenvalue weighted by molar-refractivity contribution is -0.384. The van der Waals surface area contributed by atoms with Crippen LogP contribution in [0.3, 0.4) is 0 Å². The molecule has 0 aliphatic carbocycles. The average Bonchev–Trinajstić information content (AvgIpc) is 3.46. The normalized spacial score (nSPS) is 17.3. The number of benzene rings is 2. The molecule has 194 valence electrons. The minimum atomic E-state index is -0.933. The number of methoxy groups -OCH3 is 1. The summed E-state index contributed by atoms with van der Waals surface area (Å²) in [4.78, 5) is 45.3. The largest absolute Gasteiger partial charge is 0.468 e. The number of rotatable bonds is 8. The van der Waals surface area contributed by atoms with Gasteiger partial charge < -0.3 is 14.0 Å². The molecule has 0 N–H and O–H groups in total. The monoisotopic (exact) mass is 514 g/mol. The van der Waals surface area contributed by atoms with Gasteiger partial charge in [-0.3, -0.25) is 19.9 Å². The summed E-state index contributed by atoms with van der Waals surface area (Å²) in [6.45, 7) is 3.29. The minimum absolute atomic E-state index is 0.0217. The van der Waals surface area contributed by atoms with Gasteiger partial charge in [0.05, 0.1) is 23.9 Å². The number of aromatic nitrogens is 2. The van der Waals surface area contributed by atoms with E-state index in [2.05, 4.69) is 9.98 Å². The Bertz CT molecular complexity index is 1440. The van der Waals surface area contributed by atoms with Crippen LogP contribution in [-0.2, 0) is 19.1 Å². The van der Waals surface area contributed by atoms with Crippen LogP contribution in [0.5, 0.6) is 0 Å². The molecule has 3 aromatic rings. The molecular formula is C28H26N4O6. The van der Waals surface area contributed by atoms with Crippen LogP contribution in [0, 0.1) is 16.0 Å². The third kappa shape index (κ3) is 5.59. The molecule has 1 aliphatic heterocycles. The third-order valence-corrected chi connectivity index (χ3v) is 6.26. The van der Waals surface area contributed by atoms with E-state index in [0.717, 1.165) is 11.3 Å². The minimum Gasteiger partial charge on any atom is -0.468 e. The highest BCUT2D eigenvalue weighted by Gasteiger charge is 2.42. The SMILES string of the molecule is COC(=O)C1C(C)=NC(C)=C(C(=O)OCC=Cc2ccc(-n3ccnc3)cc2)C1c1cccc([N+](=O)[O-])c1. The summed E-state index contributed by atoms with van der Waals surface area (Å²) < 4.78 is 12.4. The molecule has 4 rings (SSSR count). The van der Waals surface area contributed by atoms with Crippen LogP contribution in [0.15, 0.2) is 89.6 Å². The van der Waals surface area contributed by atoms with Crippen molar-refractivity contribution in [2.24, 2.45) is 10.9 Å². The maximum absolute atomic E-state index is 13.3. The average molecular weight is 515 g/mol. The van der Waals surface area contributed by atoms with Crippen molar-refractivity contribution in [3.8, 4) is 5.69 Å². The van der Waals surface area contributed by atoms with Crippen molar-refractivity contribution in [1.82, 2.24) is 9.55 Å². The summed E-state index contributed by atoms with van der Waals surface area (Å²) in [5.74, 6) is -3.05. The molecule has 0 bridgehead atoms. The van der Waals surface area contributed by atoms with Crippen LogP contribution < -0.4 is 0 Å². The summed E-state index contributed by atoms with van der Waals surface area (Å²) in [5.41, 5.74) is 3.13. The van der Waals surface area contributed by atoms with E-state index >= 15 is 0 Å². The van der Waals surface area contributed by atoms with Crippen LogP contribution in [-0.4, -0.2) is 45.8 Å². The predicted molar refractivity (Wildman–Crippen MR) is 141 cm³/mol. The molecule has 0 spiro atoms. The van der Waals surface area contributed by atoms with E-state index in [9.17, 15) is 19.7 Å². The number of aliphatic imine (C=N–C) groups is 1. The Morgan fingerprint density at radius 2 is 1.92 bits per heavy atom. The number of imidazole rings is 1. The highest BCUT2D eigenvalue weighted by molar-refractivity contribution is 6.07. The first-order chi connectivity index (χ1) is 18.3. The van der Waals surface area contributed by atoms with Gasteiger partial charge in [-0.15, -0.1) is 0 Å². The van der Waals surface area contributed by atoms with E-state index in [1.807, 2.05) is 41.1 Å². The van der Waals surface area contributed by atoms with Crippen molar-refractivity contribution in [1.29, 1.82) is 0 Å². The van der Waals surface area contributed by atoms with Gasteiger partial charge in [0.2, 0.25) is 0 Å². The Balaban J connectivity index is 1.55. The molecule has 0 saturated heterocycles. The van der Waals surface area contributed by atoms with Crippen LogP contribution in [0.1, 0.15) is 30.9 Å². The lowest BCUT2D eigenvalue weighted by Crippen LogP contribution is -2.36. The lowest BCUT2D eigenvalue weighted by atomic mass is 9.75. The van der Waals surface area contributed by atoms with Crippen molar-refractivity contribution in [2.75, 3.05) is 13.7 Å². The van der Waals surface area contributed by atoms with Crippen molar-refractivity contribution < 1.29 is 24.0 Å². The van der Waals surface area contributed by atoms with Crippen LogP contribution in [0.2, 0.25) is 0 Å². The van der Waals surface area contributed by atoms with Crippen molar-refractivity contribution in [3.63, 3.8) is 0 Å². The van der Waals surface area contributed by atoms with Gasteiger partial charge in [-0.25, -0.2) is 9.78 Å². The van der Waals surface area contributed by atoms with Crippen molar-refractivity contribution in [2.45, 2.75) is 19.8 Å². The van der Waals surface area contributed by atoms with E-state index in [1.165, 1.54) is 25.3 Å². The number of carbonyl (C=O) groups excluding carboxylic acids is 2. The van der Waals surface area contributed by atoms with Gasteiger partial charge in [0.1, 0.15) is 12.5 Å². The molecule has 1 aliphatic rings. The molecule has 2 atom stereocenters. The molecular weight excluding hydrogens is 488 g/mol. The predicted octanol–water partition coefficient (Wildman–Crippen LogP) is 4.66. The number of hydrogen-bond donors (Lipinski definition) is 0. The second-order valence-electron chi connectivity index (χ2n) is 8.65. The Kier molecular flexibility index (Phi) is 7.91. The number of carbonyl (C=O) groups is 2. The molecule has 38 heavy (non-hydrogen) atoms. The first-order valence-electron chi connectivity index (χ1n) is 11.8. The number of nitro groups is 1. The zero-order valence-electron chi connectivity index (χ0n) is 21.1. The van der Waals surface area contributed by atoms with E-state index in [1.54, 1.807) is 38.5 Å². The maximum Gasteiger partial charge on any atom is 0.336 e. The van der Waals surface area contributed by atoms with Gasteiger partial charge in [0, 0.05) is 47.5 Å². The van der Waals surface area contributed by atoms with Gasteiger partial charge >= 0.3 is 11.9 Å². The maximum atomic E-state index is 13.3. The number of hydrogen-bond acceptors (Lipinski definition) is 8. The number of allylic oxidation sites excluding steroid dienone is 1. The van der Waals surface area contributed by atoms with Crippen LogP contribution >= 0.6 is 0 Å². The van der Waals surface area contributed by atoms with E-state index < -0.39 is 28.7 Å². The Labute approximate surface area is 219 Å². The molecule has 0 saturated carbocycles. The van der Waals surface area contributed by atoms with E-state index in [-0.39, 0.29) is 17.9 Å². The fraction of sp³-hybridized carbons (Fsp3) is 0.214. The fourth-order valence-electron chi connectivity index (χ4n) is 4.48. The third-order valence-electron chi connectivity index (χ3n) is 6.26. The smallest absolute Gasteiger partial charge is 0.336 e. The highest BCUT2D eigenvalue weighted by atomic mass is 16.6. The molecule has 0 amide bonds. The van der Waals surface area contributed by atoms with Gasteiger partial charge in [-0.1, -0.05) is 30.3 Å². The topological polar surface area (TPSA) is 126 Å². The quantitative estimate of drug-likeness (QED) is 0.243. The summed E-state index contributed by atoms with van der Waals surface area (Å²) in [6, 6.07) is 13.6. The van der Waals surface area contributed by atoms with Gasteiger partial charge in [0.25, 0.3) is 5.69 Å². The standard InChI is InChI=1S/C28H26N4O6/c1-18-24(27(33)37-3)26(21-7-4-8-23(16-21)32(35)36)25(19(2)30-18)28(34)38-15-5-6-20-9-11-22(12-10-20)31-14-13-29-17-31/h4-14,16-17,24,26H,15H2,1-3H3. The molecule has 1 aromatic heterocycles. The summed E-state index contributed by atoms with van der Waals surface area (Å²) in [7, 11) is 1.25. The molecule has 0 radical (unpaired) electrons. The second-order valence-corrected chi connectivity index (χ2v) is 8.65. The summed E-state index contributed by atoms with van der Waals surface area (Å²) >= 11 is 0. The molecule has 0 fully saturated rings. The number of esters is 2.